The van der Waals surface area contributed by atoms with E-state index >= 15 is 0 Å². The molecule has 1 rings (SSSR count). The smallest absolute Gasteiger partial charge is 0.123 e. The zero-order valence-corrected chi connectivity index (χ0v) is 9.57. The summed E-state index contributed by atoms with van der Waals surface area (Å²) in [7, 11) is 0. The first-order valence-corrected chi connectivity index (χ1v) is 5.56. The van der Waals surface area contributed by atoms with E-state index in [-0.39, 0.29) is 5.82 Å². The van der Waals surface area contributed by atoms with Gasteiger partial charge in [0.15, 0.2) is 0 Å². The standard InChI is InChI=1S/C11H14BrF/c1-8-3-10(4-9(2)7-12)6-11(13)5-8/h3,5-6,9H,4,7H2,1-2H3. The Hall–Kier alpha value is -0.370. The third-order valence-electron chi connectivity index (χ3n) is 1.95. The van der Waals surface area contributed by atoms with Crippen molar-refractivity contribution in [1.82, 2.24) is 0 Å². The molecule has 0 nitrogen and oxygen atoms in total. The summed E-state index contributed by atoms with van der Waals surface area (Å²) in [6.45, 7) is 4.07. The molecular formula is C11H14BrF. The number of aryl methyl sites for hydroxylation is 1. The Labute approximate surface area is 87.3 Å². The Bertz CT molecular complexity index is 263. The lowest BCUT2D eigenvalue weighted by molar-refractivity contribution is 0.615. The maximum absolute atomic E-state index is 13.0. The van der Waals surface area contributed by atoms with Crippen LogP contribution in [0.1, 0.15) is 18.1 Å². The van der Waals surface area contributed by atoms with E-state index in [9.17, 15) is 4.39 Å². The molecular weight excluding hydrogens is 231 g/mol. The molecule has 0 bridgehead atoms. The first-order valence-electron chi connectivity index (χ1n) is 4.44. The van der Waals surface area contributed by atoms with Gasteiger partial charge in [0.2, 0.25) is 0 Å². The van der Waals surface area contributed by atoms with E-state index in [2.05, 4.69) is 22.9 Å². The van der Waals surface area contributed by atoms with E-state index in [4.69, 9.17) is 0 Å². The van der Waals surface area contributed by atoms with Crippen molar-refractivity contribution in [3.8, 4) is 0 Å². The molecule has 0 N–H and O–H groups in total. The third-order valence-corrected chi connectivity index (χ3v) is 3.05. The fourth-order valence-corrected chi connectivity index (χ4v) is 1.62. The van der Waals surface area contributed by atoms with Crippen molar-refractivity contribution in [2.45, 2.75) is 20.3 Å². The molecule has 0 aliphatic carbocycles. The van der Waals surface area contributed by atoms with Crippen molar-refractivity contribution < 1.29 is 4.39 Å². The first kappa shape index (κ1) is 10.7. The molecule has 0 saturated carbocycles. The van der Waals surface area contributed by atoms with Gasteiger partial charge in [0, 0.05) is 5.33 Å². The van der Waals surface area contributed by atoms with Gasteiger partial charge < -0.3 is 0 Å². The van der Waals surface area contributed by atoms with E-state index in [0.29, 0.717) is 5.92 Å². The average Bonchev–Trinajstić information content (AvgIpc) is 2.02. The summed E-state index contributed by atoms with van der Waals surface area (Å²) in [5.41, 5.74) is 2.08. The summed E-state index contributed by atoms with van der Waals surface area (Å²) in [6, 6.07) is 5.22. The van der Waals surface area contributed by atoms with Crippen LogP contribution in [-0.2, 0) is 6.42 Å². The summed E-state index contributed by atoms with van der Waals surface area (Å²) in [5.74, 6) is 0.429. The molecule has 2 heteroatoms. The van der Waals surface area contributed by atoms with Crippen molar-refractivity contribution in [3.63, 3.8) is 0 Å². The largest absolute Gasteiger partial charge is 0.207 e. The lowest BCUT2D eigenvalue weighted by atomic mass is 10.0. The Kier molecular flexibility index (Phi) is 3.91. The summed E-state index contributed by atoms with van der Waals surface area (Å²) in [5, 5.41) is 0.961. The molecule has 0 spiro atoms. The average molecular weight is 245 g/mol. The number of rotatable bonds is 3. The fourth-order valence-electron chi connectivity index (χ4n) is 1.39. The van der Waals surface area contributed by atoms with Crippen LogP contribution in [0.15, 0.2) is 18.2 Å². The maximum Gasteiger partial charge on any atom is 0.123 e. The van der Waals surface area contributed by atoms with Gasteiger partial charge in [-0.05, 0) is 42.5 Å². The quantitative estimate of drug-likeness (QED) is 0.712. The van der Waals surface area contributed by atoms with Gasteiger partial charge in [0.05, 0.1) is 0 Å². The van der Waals surface area contributed by atoms with Crippen molar-refractivity contribution in [3.05, 3.63) is 35.1 Å². The molecule has 1 aromatic rings. The van der Waals surface area contributed by atoms with Crippen LogP contribution in [0.4, 0.5) is 4.39 Å². The molecule has 1 unspecified atom stereocenters. The third kappa shape index (κ3) is 3.47. The van der Waals surface area contributed by atoms with Crippen LogP contribution in [0.3, 0.4) is 0 Å². The van der Waals surface area contributed by atoms with Gasteiger partial charge in [0.1, 0.15) is 5.82 Å². The lowest BCUT2D eigenvalue weighted by Crippen LogP contribution is -2.01. The fraction of sp³-hybridized carbons (Fsp3) is 0.455. The van der Waals surface area contributed by atoms with E-state index in [1.807, 2.05) is 13.0 Å². The summed E-state index contributed by atoms with van der Waals surface area (Å²) >= 11 is 3.42. The van der Waals surface area contributed by atoms with Crippen LogP contribution >= 0.6 is 15.9 Å². The molecule has 13 heavy (non-hydrogen) atoms. The molecule has 0 aromatic heterocycles. The minimum atomic E-state index is -0.128. The van der Waals surface area contributed by atoms with E-state index in [0.717, 1.165) is 22.9 Å². The number of alkyl halides is 1. The first-order chi connectivity index (χ1) is 6.11. The van der Waals surface area contributed by atoms with Crippen LogP contribution in [0.5, 0.6) is 0 Å². The summed E-state index contributed by atoms with van der Waals surface area (Å²) in [4.78, 5) is 0. The topological polar surface area (TPSA) is 0 Å². The summed E-state index contributed by atoms with van der Waals surface area (Å²) < 4.78 is 13.0. The summed E-state index contributed by atoms with van der Waals surface area (Å²) in [6.07, 6.45) is 0.934. The SMILES string of the molecule is Cc1cc(F)cc(CC(C)CBr)c1. The molecule has 0 radical (unpaired) electrons. The minimum Gasteiger partial charge on any atom is -0.207 e. The van der Waals surface area contributed by atoms with Gasteiger partial charge in [0.25, 0.3) is 0 Å². The second kappa shape index (κ2) is 4.75. The van der Waals surface area contributed by atoms with E-state index in [1.165, 1.54) is 0 Å². The van der Waals surface area contributed by atoms with Gasteiger partial charge in [-0.2, -0.15) is 0 Å². The Morgan fingerprint density at radius 2 is 2.08 bits per heavy atom. The van der Waals surface area contributed by atoms with Gasteiger partial charge in [-0.3, -0.25) is 0 Å². The molecule has 0 aliphatic heterocycles. The van der Waals surface area contributed by atoms with Crippen molar-refractivity contribution in [1.29, 1.82) is 0 Å². The molecule has 0 fully saturated rings. The number of benzene rings is 1. The highest BCUT2D eigenvalue weighted by molar-refractivity contribution is 9.09. The van der Waals surface area contributed by atoms with E-state index in [1.54, 1.807) is 12.1 Å². The highest BCUT2D eigenvalue weighted by Gasteiger charge is 2.03. The van der Waals surface area contributed by atoms with Gasteiger partial charge >= 0.3 is 0 Å². The zero-order valence-electron chi connectivity index (χ0n) is 7.98. The monoisotopic (exact) mass is 244 g/mol. The molecule has 72 valence electrons. The van der Waals surface area contributed by atoms with Gasteiger partial charge in [-0.25, -0.2) is 4.39 Å². The lowest BCUT2D eigenvalue weighted by Gasteiger charge is -2.08. The predicted octanol–water partition coefficient (Wildman–Crippen LogP) is 3.71. The highest BCUT2D eigenvalue weighted by Crippen LogP contribution is 2.14. The van der Waals surface area contributed by atoms with Crippen LogP contribution in [-0.4, -0.2) is 5.33 Å². The van der Waals surface area contributed by atoms with E-state index < -0.39 is 0 Å². The second-order valence-corrected chi connectivity index (χ2v) is 4.25. The van der Waals surface area contributed by atoms with Crippen molar-refractivity contribution in [2.75, 3.05) is 5.33 Å². The molecule has 1 aromatic carbocycles. The van der Waals surface area contributed by atoms with Crippen molar-refractivity contribution in [2.24, 2.45) is 5.92 Å². The normalized spacial score (nSPS) is 12.9. The predicted molar refractivity (Wildman–Crippen MR) is 57.8 cm³/mol. The molecule has 0 saturated heterocycles. The Morgan fingerprint density at radius 1 is 1.38 bits per heavy atom. The Morgan fingerprint density at radius 3 is 2.62 bits per heavy atom. The number of halogens is 2. The molecule has 0 amide bonds. The minimum absolute atomic E-state index is 0.128. The maximum atomic E-state index is 13.0. The zero-order chi connectivity index (χ0) is 9.84. The van der Waals surface area contributed by atoms with Gasteiger partial charge in [-0.1, -0.05) is 28.9 Å². The Balaban J connectivity index is 2.77. The van der Waals surface area contributed by atoms with Crippen molar-refractivity contribution >= 4 is 15.9 Å². The van der Waals surface area contributed by atoms with Crippen LogP contribution < -0.4 is 0 Å². The second-order valence-electron chi connectivity index (χ2n) is 3.60. The molecule has 0 aliphatic rings. The molecule has 1 atom stereocenters. The van der Waals surface area contributed by atoms with Crippen LogP contribution in [0.2, 0.25) is 0 Å². The number of hydrogen-bond donors (Lipinski definition) is 0. The highest BCUT2D eigenvalue weighted by atomic mass is 79.9. The van der Waals surface area contributed by atoms with Crippen LogP contribution in [0, 0.1) is 18.7 Å². The van der Waals surface area contributed by atoms with Crippen LogP contribution in [0.25, 0.3) is 0 Å². The van der Waals surface area contributed by atoms with Gasteiger partial charge in [-0.15, -0.1) is 0 Å². The number of hydrogen-bond acceptors (Lipinski definition) is 0. The molecule has 0 heterocycles.